The third-order valence-electron chi connectivity index (χ3n) is 6.83. The molecular weight excluding hydrogens is 428 g/mol. The van der Waals surface area contributed by atoms with Crippen molar-refractivity contribution in [2.75, 3.05) is 0 Å². The molecule has 0 unspecified atom stereocenters. The number of imidazole rings is 1. The summed E-state index contributed by atoms with van der Waals surface area (Å²) in [7, 11) is 0. The molecule has 35 heavy (non-hydrogen) atoms. The molecular formula is C31H42N4. The van der Waals surface area contributed by atoms with E-state index in [4.69, 9.17) is 5.73 Å². The van der Waals surface area contributed by atoms with Crippen molar-refractivity contribution in [1.29, 1.82) is 0 Å². The molecule has 3 aromatic rings. The first kappa shape index (κ1) is 26.3. The highest BCUT2D eigenvalue weighted by Crippen LogP contribution is 2.27. The van der Waals surface area contributed by atoms with E-state index in [1.807, 2.05) is 6.20 Å². The first-order chi connectivity index (χ1) is 17.0. The van der Waals surface area contributed by atoms with Crippen LogP contribution in [0.25, 0.3) is 28.1 Å². The zero-order valence-corrected chi connectivity index (χ0v) is 21.9. The van der Waals surface area contributed by atoms with Crippen LogP contribution in [0.3, 0.4) is 0 Å². The van der Waals surface area contributed by atoms with Gasteiger partial charge in [0.25, 0.3) is 0 Å². The Hall–Kier alpha value is -3.27. The minimum atomic E-state index is 0.410. The Labute approximate surface area is 211 Å². The molecule has 4 nitrogen and oxygen atoms in total. The van der Waals surface area contributed by atoms with Crippen molar-refractivity contribution in [3.63, 3.8) is 0 Å². The summed E-state index contributed by atoms with van der Waals surface area (Å²) < 4.78 is 0. The van der Waals surface area contributed by atoms with Gasteiger partial charge in [-0.3, -0.25) is 0 Å². The zero-order valence-electron chi connectivity index (χ0n) is 21.9. The Balaban J connectivity index is 1.66. The maximum atomic E-state index is 5.94. The molecule has 0 aliphatic rings. The van der Waals surface area contributed by atoms with Gasteiger partial charge in [0.15, 0.2) is 0 Å². The third kappa shape index (κ3) is 7.11. The van der Waals surface area contributed by atoms with E-state index in [0.717, 1.165) is 40.5 Å². The Morgan fingerprint density at radius 3 is 2.11 bits per heavy atom. The Morgan fingerprint density at radius 1 is 0.943 bits per heavy atom. The van der Waals surface area contributed by atoms with Crippen LogP contribution in [-0.2, 0) is 0 Å². The number of hydrogen-bond acceptors (Lipinski definition) is 3. The zero-order chi connectivity index (χ0) is 25.2. The average Bonchev–Trinajstić information content (AvgIpc) is 3.39. The lowest BCUT2D eigenvalue weighted by molar-refractivity contribution is 0.556. The van der Waals surface area contributed by atoms with E-state index in [1.54, 1.807) is 6.20 Å². The van der Waals surface area contributed by atoms with Crippen LogP contribution in [0, 0.1) is 5.92 Å². The van der Waals surface area contributed by atoms with Crippen molar-refractivity contribution in [2.45, 2.75) is 72.1 Å². The van der Waals surface area contributed by atoms with Crippen molar-refractivity contribution in [1.82, 2.24) is 15.3 Å². The van der Waals surface area contributed by atoms with Crippen molar-refractivity contribution in [2.24, 2.45) is 11.7 Å². The van der Waals surface area contributed by atoms with Crippen molar-refractivity contribution >= 4 is 5.70 Å². The van der Waals surface area contributed by atoms with Crippen LogP contribution in [0.15, 0.2) is 73.2 Å². The fraction of sp³-hybridized carbons (Fsp3) is 0.387. The molecule has 4 N–H and O–H groups in total. The van der Waals surface area contributed by atoms with Gasteiger partial charge in [-0.05, 0) is 41.0 Å². The predicted molar refractivity (Wildman–Crippen MR) is 151 cm³/mol. The van der Waals surface area contributed by atoms with Gasteiger partial charge in [0.2, 0.25) is 0 Å². The van der Waals surface area contributed by atoms with Crippen LogP contribution in [0.2, 0.25) is 0 Å². The SMILES string of the molecule is C=C(N/C(=C\N)c1ccc(-c2ccc(-c3cnc([C@@H](C)CCCC)[nH]3)cc2)cc1)[C@@H](C)CCCC. The number of hydrogen-bond donors (Lipinski definition) is 3. The molecule has 0 amide bonds. The van der Waals surface area contributed by atoms with Gasteiger partial charge in [-0.15, -0.1) is 0 Å². The average molecular weight is 471 g/mol. The molecule has 0 spiro atoms. The van der Waals surface area contributed by atoms with Gasteiger partial charge in [-0.1, -0.05) is 108 Å². The number of H-pyrrole nitrogens is 1. The van der Waals surface area contributed by atoms with Crippen LogP contribution in [-0.4, -0.2) is 9.97 Å². The first-order valence-corrected chi connectivity index (χ1v) is 13.1. The Bertz CT molecular complexity index is 1090. The molecule has 0 radical (unpaired) electrons. The summed E-state index contributed by atoms with van der Waals surface area (Å²) in [5.74, 6) is 1.95. The molecule has 0 fully saturated rings. The molecule has 1 aromatic heterocycles. The number of aromatic amines is 1. The van der Waals surface area contributed by atoms with E-state index >= 15 is 0 Å². The van der Waals surface area contributed by atoms with Crippen LogP contribution >= 0.6 is 0 Å². The van der Waals surface area contributed by atoms with Gasteiger partial charge in [-0.25, -0.2) is 4.98 Å². The molecule has 2 atom stereocenters. The molecule has 0 aliphatic carbocycles. The number of nitrogens with zero attached hydrogens (tertiary/aromatic N) is 1. The number of nitrogens with one attached hydrogen (secondary N) is 2. The molecule has 0 saturated heterocycles. The highest BCUT2D eigenvalue weighted by atomic mass is 14.9. The summed E-state index contributed by atoms with van der Waals surface area (Å²) in [6, 6.07) is 17.2. The van der Waals surface area contributed by atoms with Crippen LogP contribution in [0.5, 0.6) is 0 Å². The van der Waals surface area contributed by atoms with Gasteiger partial charge >= 0.3 is 0 Å². The maximum Gasteiger partial charge on any atom is 0.109 e. The van der Waals surface area contributed by atoms with Crippen LogP contribution < -0.4 is 11.1 Å². The summed E-state index contributed by atoms with van der Waals surface area (Å²) >= 11 is 0. The second-order valence-electron chi connectivity index (χ2n) is 9.65. The Morgan fingerprint density at radius 2 is 1.51 bits per heavy atom. The number of aromatic nitrogens is 2. The lowest BCUT2D eigenvalue weighted by Gasteiger charge is -2.19. The first-order valence-electron chi connectivity index (χ1n) is 13.1. The highest BCUT2D eigenvalue weighted by molar-refractivity contribution is 5.72. The highest BCUT2D eigenvalue weighted by Gasteiger charge is 2.12. The summed E-state index contributed by atoms with van der Waals surface area (Å²) in [5.41, 5.74) is 13.5. The molecule has 3 rings (SSSR count). The van der Waals surface area contributed by atoms with Gasteiger partial charge in [0.05, 0.1) is 17.6 Å². The second-order valence-corrected chi connectivity index (χ2v) is 9.65. The monoisotopic (exact) mass is 470 g/mol. The van der Waals surface area contributed by atoms with E-state index in [1.165, 1.54) is 43.2 Å². The number of benzene rings is 2. The second kappa shape index (κ2) is 13.0. The topological polar surface area (TPSA) is 66.7 Å². The van der Waals surface area contributed by atoms with Crippen molar-refractivity contribution in [3.8, 4) is 22.4 Å². The smallest absolute Gasteiger partial charge is 0.109 e. The van der Waals surface area contributed by atoms with Crippen molar-refractivity contribution < 1.29 is 0 Å². The third-order valence-corrected chi connectivity index (χ3v) is 6.83. The lowest BCUT2D eigenvalue weighted by atomic mass is 9.99. The molecule has 0 bridgehead atoms. The normalized spacial score (nSPS) is 13.4. The van der Waals surface area contributed by atoms with Gasteiger partial charge in [0.1, 0.15) is 5.82 Å². The van der Waals surface area contributed by atoms with Gasteiger partial charge < -0.3 is 16.0 Å². The lowest BCUT2D eigenvalue weighted by Crippen LogP contribution is -2.17. The summed E-state index contributed by atoms with van der Waals surface area (Å²) in [6.07, 6.45) is 10.7. The molecule has 0 saturated carbocycles. The van der Waals surface area contributed by atoms with Crippen LogP contribution in [0.4, 0.5) is 0 Å². The standard InChI is InChI=1S/C31H42N4/c1-6-8-10-22(3)24(5)34-29(20-32)27-16-12-25(13-17-27)26-14-18-28(19-15-26)30-21-33-31(35-30)23(4)11-9-7-2/h12-23,34H,5-11,32H2,1-4H3,(H,33,35)/b29-20-/t22-,23-/m0/s1. The fourth-order valence-electron chi connectivity index (χ4n) is 4.26. The maximum absolute atomic E-state index is 5.94. The number of unbranched alkanes of at least 4 members (excludes halogenated alkanes) is 2. The van der Waals surface area contributed by atoms with Gasteiger partial charge in [0, 0.05) is 17.8 Å². The summed E-state index contributed by atoms with van der Waals surface area (Å²) in [6.45, 7) is 13.1. The minimum absolute atomic E-state index is 0.410. The van der Waals surface area contributed by atoms with E-state index < -0.39 is 0 Å². The quantitative estimate of drug-likeness (QED) is 0.236. The van der Waals surface area contributed by atoms with Crippen LogP contribution in [0.1, 0.15) is 83.5 Å². The molecule has 1 heterocycles. The fourth-order valence-corrected chi connectivity index (χ4v) is 4.26. The Kier molecular flexibility index (Phi) is 9.77. The minimum Gasteiger partial charge on any atom is -0.403 e. The summed E-state index contributed by atoms with van der Waals surface area (Å²) in [5, 5.41) is 3.43. The molecule has 4 heteroatoms. The van der Waals surface area contributed by atoms with E-state index in [9.17, 15) is 0 Å². The van der Waals surface area contributed by atoms with Crippen molar-refractivity contribution in [3.05, 3.63) is 84.6 Å². The molecule has 2 aromatic carbocycles. The molecule has 0 aliphatic heterocycles. The van der Waals surface area contributed by atoms with E-state index in [2.05, 4.69) is 98.1 Å². The van der Waals surface area contributed by atoms with E-state index in [0.29, 0.717) is 11.8 Å². The molecule has 186 valence electrons. The number of rotatable bonds is 13. The number of allylic oxidation sites excluding steroid dienone is 1. The number of nitrogens with two attached hydrogens (primary N) is 1. The van der Waals surface area contributed by atoms with E-state index in [-0.39, 0.29) is 0 Å². The largest absolute Gasteiger partial charge is 0.403 e. The summed E-state index contributed by atoms with van der Waals surface area (Å²) in [4.78, 5) is 8.14. The van der Waals surface area contributed by atoms with Gasteiger partial charge in [-0.2, -0.15) is 0 Å². The predicted octanol–water partition coefficient (Wildman–Crippen LogP) is 8.22.